The molecule has 0 spiro atoms. The van der Waals surface area contributed by atoms with Gasteiger partial charge in [-0.2, -0.15) is 5.10 Å². The molecule has 0 unspecified atom stereocenters. The van der Waals surface area contributed by atoms with E-state index in [0.29, 0.717) is 27.6 Å². The van der Waals surface area contributed by atoms with E-state index >= 15 is 0 Å². The quantitative estimate of drug-likeness (QED) is 0.248. The number of amides is 1. The highest BCUT2D eigenvalue weighted by atomic mass is 35.5. The van der Waals surface area contributed by atoms with Crippen molar-refractivity contribution in [3.8, 4) is 17.2 Å². The minimum absolute atomic E-state index is 0.213. The maximum absolute atomic E-state index is 12.2. The lowest BCUT2D eigenvalue weighted by Crippen LogP contribution is -2.24. The van der Waals surface area contributed by atoms with Gasteiger partial charge in [0, 0.05) is 5.02 Å². The van der Waals surface area contributed by atoms with E-state index < -0.39 is 11.9 Å². The van der Waals surface area contributed by atoms with Crippen molar-refractivity contribution in [3.63, 3.8) is 0 Å². The van der Waals surface area contributed by atoms with Gasteiger partial charge in [0.15, 0.2) is 18.1 Å². The number of benzene rings is 3. The van der Waals surface area contributed by atoms with Gasteiger partial charge in [-0.1, -0.05) is 35.9 Å². The molecule has 0 bridgehead atoms. The smallest absolute Gasteiger partial charge is 0.343 e. The van der Waals surface area contributed by atoms with Gasteiger partial charge in [-0.25, -0.2) is 10.2 Å². The van der Waals surface area contributed by atoms with Crippen LogP contribution in [-0.2, 0) is 4.79 Å². The molecule has 3 aromatic rings. The summed E-state index contributed by atoms with van der Waals surface area (Å²) in [6.45, 7) is -0.213. The Morgan fingerprint density at radius 3 is 2.55 bits per heavy atom. The van der Waals surface area contributed by atoms with E-state index in [4.69, 9.17) is 25.8 Å². The number of hydrogen-bond donors (Lipinski definition) is 1. The molecular formula is C23H19ClN2O5. The van der Waals surface area contributed by atoms with E-state index in [1.807, 2.05) is 6.07 Å². The fraction of sp³-hybridized carbons (Fsp3) is 0.0870. The second-order valence-electron chi connectivity index (χ2n) is 6.21. The van der Waals surface area contributed by atoms with Crippen LogP contribution in [0.3, 0.4) is 0 Å². The predicted molar refractivity (Wildman–Crippen MR) is 117 cm³/mol. The van der Waals surface area contributed by atoms with E-state index in [9.17, 15) is 9.59 Å². The lowest BCUT2D eigenvalue weighted by Gasteiger charge is -2.10. The standard InChI is InChI=1S/C23H19ClN2O5/c1-29-21-12-16(10-11-20(21)31-23(28)17-6-3-2-4-7-17)14-25-26-22(27)15-30-19-9-5-8-18(24)13-19/h2-14H,15H2,1H3,(H,26,27)/b25-14-. The molecule has 0 heterocycles. The van der Waals surface area contributed by atoms with Gasteiger partial charge in [0.25, 0.3) is 5.91 Å². The van der Waals surface area contributed by atoms with Crippen molar-refractivity contribution in [2.75, 3.05) is 13.7 Å². The molecular weight excluding hydrogens is 420 g/mol. The zero-order valence-electron chi connectivity index (χ0n) is 16.6. The lowest BCUT2D eigenvalue weighted by molar-refractivity contribution is -0.123. The van der Waals surface area contributed by atoms with Crippen molar-refractivity contribution in [1.82, 2.24) is 5.43 Å². The fourth-order valence-electron chi connectivity index (χ4n) is 2.50. The van der Waals surface area contributed by atoms with Crippen molar-refractivity contribution >= 4 is 29.7 Å². The molecule has 0 saturated heterocycles. The summed E-state index contributed by atoms with van der Waals surface area (Å²) in [4.78, 5) is 24.1. The summed E-state index contributed by atoms with van der Waals surface area (Å²) in [6.07, 6.45) is 1.43. The van der Waals surface area contributed by atoms with Crippen LogP contribution in [0.4, 0.5) is 0 Å². The van der Waals surface area contributed by atoms with Gasteiger partial charge in [0.1, 0.15) is 5.75 Å². The number of rotatable bonds is 8. The highest BCUT2D eigenvalue weighted by Crippen LogP contribution is 2.28. The Labute approximate surface area is 184 Å². The Hall–Kier alpha value is -3.84. The van der Waals surface area contributed by atoms with Crippen LogP contribution >= 0.6 is 11.6 Å². The van der Waals surface area contributed by atoms with Gasteiger partial charge >= 0.3 is 5.97 Å². The average molecular weight is 439 g/mol. The SMILES string of the molecule is COc1cc(/C=N\NC(=O)COc2cccc(Cl)c2)ccc1OC(=O)c1ccccc1. The summed E-state index contributed by atoms with van der Waals surface area (Å²) >= 11 is 5.86. The monoisotopic (exact) mass is 438 g/mol. The van der Waals surface area contributed by atoms with E-state index in [2.05, 4.69) is 10.5 Å². The summed E-state index contributed by atoms with van der Waals surface area (Å²) in [7, 11) is 1.46. The molecule has 0 aliphatic heterocycles. The summed E-state index contributed by atoms with van der Waals surface area (Å²) in [5.41, 5.74) is 3.43. The van der Waals surface area contributed by atoms with E-state index in [-0.39, 0.29) is 12.4 Å². The number of nitrogens with one attached hydrogen (secondary N) is 1. The number of carbonyl (C=O) groups is 2. The molecule has 0 aliphatic rings. The summed E-state index contributed by atoms with van der Waals surface area (Å²) < 4.78 is 16.0. The predicted octanol–water partition coefficient (Wildman–Crippen LogP) is 4.10. The van der Waals surface area contributed by atoms with Gasteiger partial charge in [0.2, 0.25) is 0 Å². The van der Waals surface area contributed by atoms with E-state index in [1.54, 1.807) is 66.7 Å². The Bertz CT molecular complexity index is 1090. The normalized spacial score (nSPS) is 10.5. The molecule has 0 fully saturated rings. The van der Waals surface area contributed by atoms with Crippen molar-refractivity contribution in [2.45, 2.75) is 0 Å². The molecule has 1 N–H and O–H groups in total. The van der Waals surface area contributed by atoms with Crippen LogP contribution in [0, 0.1) is 0 Å². The summed E-state index contributed by atoms with van der Waals surface area (Å²) in [5, 5.41) is 4.41. The second kappa shape index (κ2) is 10.8. The first-order chi connectivity index (χ1) is 15.0. The van der Waals surface area contributed by atoms with Gasteiger partial charge < -0.3 is 14.2 Å². The molecule has 0 aliphatic carbocycles. The number of hydrazone groups is 1. The molecule has 31 heavy (non-hydrogen) atoms. The van der Waals surface area contributed by atoms with Gasteiger partial charge in [-0.15, -0.1) is 0 Å². The first kappa shape index (κ1) is 21.9. The van der Waals surface area contributed by atoms with Crippen molar-refractivity contribution in [1.29, 1.82) is 0 Å². The molecule has 7 nitrogen and oxygen atoms in total. The van der Waals surface area contributed by atoms with E-state index in [0.717, 1.165) is 0 Å². The molecule has 0 atom stereocenters. The molecule has 0 radical (unpaired) electrons. The van der Waals surface area contributed by atoms with Gasteiger partial charge in [-0.3, -0.25) is 4.79 Å². The summed E-state index contributed by atoms with van der Waals surface area (Å²) in [5.74, 6) is 0.178. The first-order valence-electron chi connectivity index (χ1n) is 9.20. The van der Waals surface area contributed by atoms with Crippen LogP contribution in [0.1, 0.15) is 15.9 Å². The van der Waals surface area contributed by atoms with Crippen LogP contribution < -0.4 is 19.6 Å². The summed E-state index contributed by atoms with van der Waals surface area (Å²) in [6, 6.07) is 20.3. The number of methoxy groups -OCH3 is 1. The largest absolute Gasteiger partial charge is 0.493 e. The van der Waals surface area contributed by atoms with Crippen molar-refractivity contribution in [2.24, 2.45) is 5.10 Å². The van der Waals surface area contributed by atoms with Crippen molar-refractivity contribution < 1.29 is 23.8 Å². The second-order valence-corrected chi connectivity index (χ2v) is 6.64. The van der Waals surface area contributed by atoms with Gasteiger partial charge in [-0.05, 0) is 54.1 Å². The maximum Gasteiger partial charge on any atom is 0.343 e. The Kier molecular flexibility index (Phi) is 7.61. The number of esters is 1. The fourth-order valence-corrected chi connectivity index (χ4v) is 2.68. The Morgan fingerprint density at radius 2 is 1.81 bits per heavy atom. The Morgan fingerprint density at radius 1 is 1.00 bits per heavy atom. The third-order valence-electron chi connectivity index (χ3n) is 3.97. The average Bonchev–Trinajstić information content (AvgIpc) is 2.79. The minimum Gasteiger partial charge on any atom is -0.493 e. The molecule has 0 saturated carbocycles. The Balaban J connectivity index is 1.55. The molecule has 3 rings (SSSR count). The van der Waals surface area contributed by atoms with Crippen LogP contribution in [0.25, 0.3) is 0 Å². The molecule has 0 aromatic heterocycles. The maximum atomic E-state index is 12.2. The highest BCUT2D eigenvalue weighted by Gasteiger charge is 2.12. The molecule has 1 amide bonds. The number of nitrogens with zero attached hydrogens (tertiary/aromatic N) is 1. The number of halogens is 1. The molecule has 8 heteroatoms. The third-order valence-corrected chi connectivity index (χ3v) is 4.20. The number of ether oxygens (including phenoxy) is 3. The topological polar surface area (TPSA) is 86.2 Å². The van der Waals surface area contributed by atoms with Crippen LogP contribution in [0.5, 0.6) is 17.2 Å². The number of hydrogen-bond acceptors (Lipinski definition) is 6. The van der Waals surface area contributed by atoms with E-state index in [1.165, 1.54) is 13.3 Å². The molecule has 3 aromatic carbocycles. The third kappa shape index (κ3) is 6.58. The van der Waals surface area contributed by atoms with Gasteiger partial charge in [0.05, 0.1) is 18.9 Å². The van der Waals surface area contributed by atoms with Crippen LogP contribution in [-0.4, -0.2) is 31.8 Å². The van der Waals surface area contributed by atoms with Crippen molar-refractivity contribution in [3.05, 3.63) is 88.9 Å². The van der Waals surface area contributed by atoms with Crippen LogP contribution in [0.15, 0.2) is 77.9 Å². The zero-order valence-corrected chi connectivity index (χ0v) is 17.3. The number of carbonyl (C=O) groups excluding carboxylic acids is 2. The lowest BCUT2D eigenvalue weighted by atomic mass is 10.2. The first-order valence-corrected chi connectivity index (χ1v) is 9.58. The zero-order chi connectivity index (χ0) is 22.1. The molecule has 158 valence electrons. The minimum atomic E-state index is -0.493. The van der Waals surface area contributed by atoms with Crippen LogP contribution in [0.2, 0.25) is 5.02 Å². The highest BCUT2D eigenvalue weighted by molar-refractivity contribution is 6.30.